The summed E-state index contributed by atoms with van der Waals surface area (Å²) in [5, 5.41) is 15.0. The molecule has 1 saturated heterocycles. The number of aryl methyl sites for hydroxylation is 3. The van der Waals surface area contributed by atoms with Gasteiger partial charge in [0.2, 0.25) is 0 Å². The molecule has 9 nitrogen and oxygen atoms in total. The Bertz CT molecular complexity index is 1450. The molecule has 0 aliphatic carbocycles. The van der Waals surface area contributed by atoms with Gasteiger partial charge in [-0.2, -0.15) is 0 Å². The van der Waals surface area contributed by atoms with E-state index >= 15 is 0 Å². The first kappa shape index (κ1) is 23.2. The number of carbonyl (C=O) groups excluding carboxylic acids is 1. The number of hydrogen-bond acceptors (Lipinski definition) is 5. The standard InChI is InChI=1S/C25H29N5O4S/c1-5-30-19(11-17-14(2)13-35-24(17)30)22-27-18-9-15(10-20(34-4)21(18)28(22)3)23(31)29-8-6-7-16(12-29)26-25(32)33/h9-11,13,16,26H,5-8,12H2,1-4H3,(H,32,33)/t16-/m1/s1. The number of methoxy groups -OCH3 is 1. The Kier molecular flexibility index (Phi) is 5.92. The van der Waals surface area contributed by atoms with Crippen molar-refractivity contribution < 1.29 is 19.4 Å². The molecule has 0 saturated carbocycles. The monoisotopic (exact) mass is 495 g/mol. The topological polar surface area (TPSA) is 102 Å². The minimum absolute atomic E-state index is 0.151. The number of rotatable bonds is 5. The Morgan fingerprint density at radius 2 is 2.11 bits per heavy atom. The van der Waals surface area contributed by atoms with Crippen LogP contribution in [0.15, 0.2) is 23.6 Å². The number of thiophene rings is 1. The molecular weight excluding hydrogens is 466 g/mol. The number of amides is 2. The first-order valence-corrected chi connectivity index (χ1v) is 12.6. The van der Waals surface area contributed by atoms with Gasteiger partial charge < -0.3 is 29.2 Å². The van der Waals surface area contributed by atoms with Crippen LogP contribution in [0.3, 0.4) is 0 Å². The summed E-state index contributed by atoms with van der Waals surface area (Å²) in [7, 11) is 3.56. The van der Waals surface area contributed by atoms with Gasteiger partial charge in [-0.1, -0.05) is 0 Å². The lowest BCUT2D eigenvalue weighted by Gasteiger charge is -2.32. The van der Waals surface area contributed by atoms with Gasteiger partial charge in [-0.25, -0.2) is 9.78 Å². The number of aromatic nitrogens is 3. The third-order valence-corrected chi connectivity index (χ3v) is 7.94. The van der Waals surface area contributed by atoms with Crippen LogP contribution in [0.1, 0.15) is 35.7 Å². The molecule has 1 aliphatic heterocycles. The highest BCUT2D eigenvalue weighted by Gasteiger charge is 2.27. The van der Waals surface area contributed by atoms with Gasteiger partial charge >= 0.3 is 6.09 Å². The maximum atomic E-state index is 13.4. The Morgan fingerprint density at radius 1 is 1.31 bits per heavy atom. The number of nitrogens with zero attached hydrogens (tertiary/aromatic N) is 4. The number of likely N-dealkylation sites (tertiary alicyclic amines) is 1. The fourth-order valence-corrected chi connectivity index (χ4v) is 6.22. The summed E-state index contributed by atoms with van der Waals surface area (Å²) >= 11 is 1.74. The zero-order chi connectivity index (χ0) is 24.9. The first-order valence-electron chi connectivity index (χ1n) is 11.7. The molecule has 1 fully saturated rings. The lowest BCUT2D eigenvalue weighted by molar-refractivity contribution is 0.0692. The van der Waals surface area contributed by atoms with Gasteiger partial charge in [-0.05, 0) is 55.8 Å². The van der Waals surface area contributed by atoms with E-state index in [0.29, 0.717) is 29.9 Å². The van der Waals surface area contributed by atoms with E-state index in [1.54, 1.807) is 29.4 Å². The molecule has 184 valence electrons. The number of hydrogen-bond donors (Lipinski definition) is 2. The van der Waals surface area contributed by atoms with Crippen LogP contribution in [0, 0.1) is 6.92 Å². The van der Waals surface area contributed by atoms with Crippen LogP contribution in [-0.2, 0) is 13.6 Å². The molecule has 10 heteroatoms. The highest BCUT2D eigenvalue weighted by atomic mass is 32.1. The molecule has 1 atom stereocenters. The minimum Gasteiger partial charge on any atom is -0.494 e. The number of imidazole rings is 1. The highest BCUT2D eigenvalue weighted by Crippen LogP contribution is 2.37. The van der Waals surface area contributed by atoms with Gasteiger partial charge in [0.25, 0.3) is 5.91 Å². The van der Waals surface area contributed by atoms with Crippen molar-refractivity contribution in [1.82, 2.24) is 24.3 Å². The molecule has 1 aliphatic rings. The summed E-state index contributed by atoms with van der Waals surface area (Å²) in [6.45, 7) is 6.01. The normalized spacial score (nSPS) is 16.2. The lowest BCUT2D eigenvalue weighted by Crippen LogP contribution is -2.49. The number of ether oxygens (including phenoxy) is 1. The Labute approximate surface area is 206 Å². The molecule has 4 heterocycles. The number of carboxylic acid groups (broad SMARTS) is 1. The molecule has 3 aromatic heterocycles. The van der Waals surface area contributed by atoms with Crippen LogP contribution < -0.4 is 10.1 Å². The minimum atomic E-state index is -1.07. The fourth-order valence-electron chi connectivity index (χ4n) is 5.10. The number of carbonyl (C=O) groups is 2. The van der Waals surface area contributed by atoms with Crippen molar-refractivity contribution in [2.24, 2.45) is 7.05 Å². The van der Waals surface area contributed by atoms with Gasteiger partial charge in [0.1, 0.15) is 16.1 Å². The summed E-state index contributed by atoms with van der Waals surface area (Å²) in [4.78, 5) is 32.3. The maximum absolute atomic E-state index is 13.4. The van der Waals surface area contributed by atoms with Crippen molar-refractivity contribution in [2.45, 2.75) is 39.3 Å². The quantitative estimate of drug-likeness (QED) is 0.426. The Morgan fingerprint density at radius 3 is 2.83 bits per heavy atom. The molecule has 4 aromatic rings. The fraction of sp³-hybridized carbons (Fsp3) is 0.400. The van der Waals surface area contributed by atoms with Crippen LogP contribution >= 0.6 is 11.3 Å². The van der Waals surface area contributed by atoms with Gasteiger partial charge in [-0.15, -0.1) is 11.3 Å². The average molecular weight is 496 g/mol. The number of piperidine rings is 1. The van der Waals surface area contributed by atoms with E-state index in [4.69, 9.17) is 14.8 Å². The Hall–Kier alpha value is -3.53. The lowest BCUT2D eigenvalue weighted by atomic mass is 10.0. The van der Waals surface area contributed by atoms with Crippen LogP contribution in [0.25, 0.3) is 32.8 Å². The second kappa shape index (κ2) is 8.92. The third kappa shape index (κ3) is 3.91. The zero-order valence-electron chi connectivity index (χ0n) is 20.3. The molecule has 2 N–H and O–H groups in total. The van der Waals surface area contributed by atoms with E-state index in [2.05, 4.69) is 35.2 Å². The van der Waals surface area contributed by atoms with E-state index in [1.165, 1.54) is 15.8 Å². The molecule has 5 rings (SSSR count). The van der Waals surface area contributed by atoms with Crippen molar-refractivity contribution in [1.29, 1.82) is 0 Å². The average Bonchev–Trinajstić information content (AvgIpc) is 3.49. The van der Waals surface area contributed by atoms with Crippen molar-refractivity contribution in [2.75, 3.05) is 20.2 Å². The van der Waals surface area contributed by atoms with E-state index in [9.17, 15) is 9.59 Å². The van der Waals surface area contributed by atoms with E-state index in [0.717, 1.165) is 36.4 Å². The summed E-state index contributed by atoms with van der Waals surface area (Å²) < 4.78 is 10.0. The second-order valence-electron chi connectivity index (χ2n) is 8.99. The molecule has 0 radical (unpaired) electrons. The van der Waals surface area contributed by atoms with Gasteiger partial charge in [-0.3, -0.25) is 4.79 Å². The Balaban J connectivity index is 1.56. The predicted octanol–water partition coefficient (Wildman–Crippen LogP) is 4.47. The highest BCUT2D eigenvalue weighted by molar-refractivity contribution is 7.17. The summed E-state index contributed by atoms with van der Waals surface area (Å²) in [5.74, 6) is 1.25. The summed E-state index contributed by atoms with van der Waals surface area (Å²) in [6, 6.07) is 5.49. The molecule has 0 unspecified atom stereocenters. The maximum Gasteiger partial charge on any atom is 0.404 e. The molecule has 2 amide bonds. The molecule has 0 bridgehead atoms. The first-order chi connectivity index (χ1) is 16.8. The van der Waals surface area contributed by atoms with E-state index in [-0.39, 0.29) is 11.9 Å². The van der Waals surface area contributed by atoms with E-state index < -0.39 is 6.09 Å². The summed E-state index contributed by atoms with van der Waals surface area (Å²) in [6.07, 6.45) is 0.394. The number of benzene rings is 1. The van der Waals surface area contributed by atoms with Crippen LogP contribution in [0.2, 0.25) is 0 Å². The zero-order valence-corrected chi connectivity index (χ0v) is 21.1. The predicted molar refractivity (Wildman–Crippen MR) is 137 cm³/mol. The van der Waals surface area contributed by atoms with E-state index in [1.807, 2.05) is 17.7 Å². The van der Waals surface area contributed by atoms with Gasteiger partial charge in [0, 0.05) is 43.7 Å². The molecular formula is C25H29N5O4S. The third-order valence-electron chi connectivity index (χ3n) is 6.80. The van der Waals surface area contributed by atoms with Gasteiger partial charge in [0.05, 0.1) is 18.3 Å². The van der Waals surface area contributed by atoms with Crippen molar-refractivity contribution in [3.8, 4) is 17.3 Å². The number of nitrogens with one attached hydrogen (secondary N) is 1. The van der Waals surface area contributed by atoms with Crippen molar-refractivity contribution in [3.63, 3.8) is 0 Å². The van der Waals surface area contributed by atoms with Crippen LogP contribution in [0.5, 0.6) is 5.75 Å². The van der Waals surface area contributed by atoms with Crippen molar-refractivity contribution >= 4 is 44.6 Å². The largest absolute Gasteiger partial charge is 0.494 e. The second-order valence-corrected chi connectivity index (χ2v) is 9.85. The van der Waals surface area contributed by atoms with Crippen molar-refractivity contribution in [3.05, 3.63) is 34.7 Å². The molecule has 1 aromatic carbocycles. The SMILES string of the molecule is CCn1c(-c2nc3cc(C(=O)N4CCC[C@@H](NC(=O)O)C4)cc(OC)c3n2C)cc2c(C)csc21. The van der Waals surface area contributed by atoms with Crippen LogP contribution in [0.4, 0.5) is 4.79 Å². The number of fused-ring (bicyclic) bond motifs is 2. The van der Waals surface area contributed by atoms with Crippen LogP contribution in [-0.4, -0.2) is 62.4 Å². The summed E-state index contributed by atoms with van der Waals surface area (Å²) in [5.41, 5.74) is 4.28. The smallest absolute Gasteiger partial charge is 0.404 e. The molecule has 35 heavy (non-hydrogen) atoms. The molecule has 0 spiro atoms. The van der Waals surface area contributed by atoms with Gasteiger partial charge in [0.15, 0.2) is 5.82 Å².